The second kappa shape index (κ2) is 5.78. The number of carbonyl (C=O) groups is 1. The monoisotopic (exact) mass is 301 g/mol. The Hall–Kier alpha value is -2.00. The van der Waals surface area contributed by atoms with Crippen LogP contribution in [-0.2, 0) is 9.53 Å². The predicted octanol–water partition coefficient (Wildman–Crippen LogP) is 3.83. The summed E-state index contributed by atoms with van der Waals surface area (Å²) in [6.45, 7) is 2.22. The maximum atomic E-state index is 12.1. The number of rotatable bonds is 4. The number of halogens is 1. The number of anilines is 1. The Kier molecular flexibility index (Phi) is 3.84. The average Bonchev–Trinajstić information content (AvgIpc) is 3.25. The summed E-state index contributed by atoms with van der Waals surface area (Å²) in [7, 11) is 0. The van der Waals surface area contributed by atoms with E-state index in [0.717, 1.165) is 11.3 Å². The third-order valence-electron chi connectivity index (χ3n) is 3.60. The van der Waals surface area contributed by atoms with Crippen molar-refractivity contribution in [3.8, 4) is 0 Å². The zero-order valence-corrected chi connectivity index (χ0v) is 12.5. The van der Waals surface area contributed by atoms with E-state index in [1.165, 1.54) is 0 Å². The normalized spacial score (nSPS) is 20.2. The molecule has 0 bridgehead atoms. The molecule has 0 saturated carbocycles. The molecular weight excluding hydrogens is 286 g/mol. The van der Waals surface area contributed by atoms with Crippen LogP contribution in [0.2, 0.25) is 5.02 Å². The fraction of sp³-hybridized carbons (Fsp3) is 0.235. The van der Waals surface area contributed by atoms with Crippen molar-refractivity contribution < 1.29 is 9.53 Å². The molecule has 0 spiro atoms. The lowest BCUT2D eigenvalue weighted by atomic mass is 10.1. The third-order valence-corrected chi connectivity index (χ3v) is 3.85. The van der Waals surface area contributed by atoms with Gasteiger partial charge in [0.05, 0.1) is 12.6 Å². The molecular formula is C17H16ClNO2. The second-order valence-electron chi connectivity index (χ2n) is 4.94. The Bertz CT molecular complexity index is 627. The maximum absolute atomic E-state index is 12.1. The number of ether oxygens (including phenoxy) is 1. The van der Waals surface area contributed by atoms with Gasteiger partial charge in [-0.15, -0.1) is 0 Å². The van der Waals surface area contributed by atoms with E-state index in [1.807, 2.05) is 61.5 Å². The highest BCUT2D eigenvalue weighted by Crippen LogP contribution is 2.47. The van der Waals surface area contributed by atoms with E-state index in [-0.39, 0.29) is 18.1 Å². The van der Waals surface area contributed by atoms with Gasteiger partial charge in [0.15, 0.2) is 6.04 Å². The van der Waals surface area contributed by atoms with Gasteiger partial charge in [0, 0.05) is 10.7 Å². The van der Waals surface area contributed by atoms with Crippen LogP contribution in [0, 0.1) is 0 Å². The molecule has 1 heterocycles. The van der Waals surface area contributed by atoms with Crippen LogP contribution in [0.5, 0.6) is 0 Å². The van der Waals surface area contributed by atoms with E-state index >= 15 is 0 Å². The molecule has 1 fully saturated rings. The minimum atomic E-state index is -0.256. The molecule has 0 N–H and O–H groups in total. The molecule has 1 aliphatic heterocycles. The van der Waals surface area contributed by atoms with Crippen LogP contribution in [0.1, 0.15) is 18.5 Å². The van der Waals surface area contributed by atoms with Crippen LogP contribution in [0.3, 0.4) is 0 Å². The molecule has 108 valence electrons. The van der Waals surface area contributed by atoms with Crippen molar-refractivity contribution >= 4 is 23.3 Å². The fourth-order valence-electron chi connectivity index (χ4n) is 2.63. The quantitative estimate of drug-likeness (QED) is 0.635. The molecule has 3 nitrogen and oxygen atoms in total. The molecule has 0 unspecified atom stereocenters. The van der Waals surface area contributed by atoms with Gasteiger partial charge in [-0.1, -0.05) is 41.9 Å². The summed E-state index contributed by atoms with van der Waals surface area (Å²) in [6.07, 6.45) is 0. The van der Waals surface area contributed by atoms with E-state index in [9.17, 15) is 4.79 Å². The van der Waals surface area contributed by atoms with Gasteiger partial charge in [0.25, 0.3) is 0 Å². The first-order chi connectivity index (χ1) is 10.2. The molecule has 0 aliphatic carbocycles. The van der Waals surface area contributed by atoms with Gasteiger partial charge in [-0.2, -0.15) is 0 Å². The molecule has 2 atom stereocenters. The zero-order valence-electron chi connectivity index (χ0n) is 11.7. The van der Waals surface area contributed by atoms with Crippen LogP contribution in [0.4, 0.5) is 5.69 Å². The molecule has 0 radical (unpaired) electrons. The van der Waals surface area contributed by atoms with Gasteiger partial charge in [-0.05, 0) is 36.8 Å². The van der Waals surface area contributed by atoms with Crippen LogP contribution in [-0.4, -0.2) is 18.6 Å². The highest BCUT2D eigenvalue weighted by molar-refractivity contribution is 6.30. The number of hydrogen-bond acceptors (Lipinski definition) is 3. The van der Waals surface area contributed by atoms with Crippen molar-refractivity contribution in [2.45, 2.75) is 19.0 Å². The van der Waals surface area contributed by atoms with Crippen LogP contribution >= 0.6 is 11.6 Å². The van der Waals surface area contributed by atoms with Crippen molar-refractivity contribution in [3.05, 3.63) is 65.2 Å². The number of esters is 1. The van der Waals surface area contributed by atoms with Gasteiger partial charge in [0.1, 0.15) is 0 Å². The van der Waals surface area contributed by atoms with Gasteiger partial charge >= 0.3 is 5.97 Å². The van der Waals surface area contributed by atoms with Crippen LogP contribution in [0.15, 0.2) is 54.6 Å². The third kappa shape index (κ3) is 2.74. The topological polar surface area (TPSA) is 29.3 Å². The van der Waals surface area contributed by atoms with Gasteiger partial charge in [-0.3, -0.25) is 0 Å². The Balaban J connectivity index is 1.89. The summed E-state index contributed by atoms with van der Waals surface area (Å²) in [5, 5.41) is 0.685. The average molecular weight is 302 g/mol. The Morgan fingerprint density at radius 1 is 1.14 bits per heavy atom. The van der Waals surface area contributed by atoms with Gasteiger partial charge < -0.3 is 9.64 Å². The lowest BCUT2D eigenvalue weighted by Gasteiger charge is -2.06. The van der Waals surface area contributed by atoms with Crippen molar-refractivity contribution in [3.63, 3.8) is 0 Å². The number of carbonyl (C=O) groups excluding carboxylic acids is 1. The highest BCUT2D eigenvalue weighted by Gasteiger charge is 2.54. The first-order valence-electron chi connectivity index (χ1n) is 6.98. The molecule has 2 aromatic carbocycles. The molecule has 0 aromatic heterocycles. The minimum absolute atomic E-state index is 0.0337. The van der Waals surface area contributed by atoms with E-state index in [4.69, 9.17) is 16.3 Å². The zero-order chi connectivity index (χ0) is 14.8. The highest BCUT2D eigenvalue weighted by atomic mass is 35.5. The standard InChI is InChI=1S/C17H16ClNO2/c1-2-21-17(20)16-15(12-6-4-3-5-7-12)19(16)14-10-8-13(18)9-11-14/h3-11,15-16H,2H2,1H3/t15-,16+,19?/m1/s1. The minimum Gasteiger partial charge on any atom is -0.464 e. The van der Waals surface area contributed by atoms with Crippen LogP contribution in [0.25, 0.3) is 0 Å². The summed E-state index contributed by atoms with van der Waals surface area (Å²) in [5.41, 5.74) is 2.09. The van der Waals surface area contributed by atoms with Gasteiger partial charge in [-0.25, -0.2) is 4.79 Å². The predicted molar refractivity (Wildman–Crippen MR) is 83.5 cm³/mol. The smallest absolute Gasteiger partial charge is 0.331 e. The van der Waals surface area contributed by atoms with E-state index < -0.39 is 0 Å². The van der Waals surface area contributed by atoms with Crippen LogP contribution < -0.4 is 4.90 Å². The number of benzene rings is 2. The lowest BCUT2D eigenvalue weighted by molar-refractivity contribution is -0.142. The van der Waals surface area contributed by atoms with Gasteiger partial charge in [0.2, 0.25) is 0 Å². The second-order valence-corrected chi connectivity index (χ2v) is 5.37. The SMILES string of the molecule is CCOC(=O)[C@@H]1[C@@H](c2ccccc2)N1c1ccc(Cl)cc1. The molecule has 2 aromatic rings. The molecule has 0 amide bonds. The fourth-order valence-corrected chi connectivity index (χ4v) is 2.75. The maximum Gasteiger partial charge on any atom is 0.331 e. The van der Waals surface area contributed by atoms with E-state index in [2.05, 4.69) is 4.90 Å². The summed E-state index contributed by atoms with van der Waals surface area (Å²) >= 11 is 5.93. The summed E-state index contributed by atoms with van der Waals surface area (Å²) in [5.74, 6) is -0.179. The Labute approximate surface area is 129 Å². The molecule has 1 aliphatic rings. The molecule has 21 heavy (non-hydrogen) atoms. The van der Waals surface area contributed by atoms with Crippen molar-refractivity contribution in [1.29, 1.82) is 0 Å². The molecule has 4 heteroatoms. The number of nitrogens with zero attached hydrogens (tertiary/aromatic N) is 1. The molecule has 3 rings (SSSR count). The lowest BCUT2D eigenvalue weighted by Crippen LogP contribution is -2.15. The number of hydrogen-bond donors (Lipinski definition) is 0. The first-order valence-corrected chi connectivity index (χ1v) is 7.35. The van der Waals surface area contributed by atoms with Crippen molar-refractivity contribution in [2.75, 3.05) is 11.5 Å². The van der Waals surface area contributed by atoms with E-state index in [1.54, 1.807) is 0 Å². The Morgan fingerprint density at radius 3 is 2.43 bits per heavy atom. The first kappa shape index (κ1) is 14.0. The summed E-state index contributed by atoms with van der Waals surface area (Å²) in [6, 6.07) is 17.3. The van der Waals surface area contributed by atoms with E-state index in [0.29, 0.717) is 11.6 Å². The summed E-state index contributed by atoms with van der Waals surface area (Å²) < 4.78 is 5.19. The van der Waals surface area contributed by atoms with Crippen molar-refractivity contribution in [2.24, 2.45) is 0 Å². The largest absolute Gasteiger partial charge is 0.464 e. The Morgan fingerprint density at radius 2 is 1.81 bits per heavy atom. The summed E-state index contributed by atoms with van der Waals surface area (Å²) in [4.78, 5) is 14.2. The van der Waals surface area contributed by atoms with Crippen molar-refractivity contribution in [1.82, 2.24) is 0 Å². The molecule has 1 saturated heterocycles.